The summed E-state index contributed by atoms with van der Waals surface area (Å²) in [4.78, 5) is 14.4. The molecule has 1 aliphatic heterocycles. The van der Waals surface area contributed by atoms with Gasteiger partial charge in [0.15, 0.2) is 0 Å². The highest BCUT2D eigenvalue weighted by atomic mass is 16.5. The zero-order valence-corrected chi connectivity index (χ0v) is 14.5. The van der Waals surface area contributed by atoms with Crippen molar-refractivity contribution in [3.8, 4) is 5.75 Å². The SMILES string of the molecule is Cc1ccc(C)c(OC2CCN(C(C)C(=O)NC3CC3)CC2)c1. The van der Waals surface area contributed by atoms with Crippen LogP contribution in [0, 0.1) is 13.8 Å². The Kier molecular flexibility index (Phi) is 4.90. The Morgan fingerprint density at radius 1 is 1.22 bits per heavy atom. The van der Waals surface area contributed by atoms with Gasteiger partial charge in [-0.1, -0.05) is 12.1 Å². The summed E-state index contributed by atoms with van der Waals surface area (Å²) in [6.07, 6.45) is 4.50. The molecule has 0 bridgehead atoms. The van der Waals surface area contributed by atoms with Crippen molar-refractivity contribution in [2.24, 2.45) is 0 Å². The number of nitrogens with one attached hydrogen (secondary N) is 1. The van der Waals surface area contributed by atoms with E-state index in [4.69, 9.17) is 4.74 Å². The highest BCUT2D eigenvalue weighted by Gasteiger charge is 2.30. The monoisotopic (exact) mass is 316 g/mol. The summed E-state index contributed by atoms with van der Waals surface area (Å²) in [5.41, 5.74) is 2.42. The quantitative estimate of drug-likeness (QED) is 0.908. The zero-order valence-electron chi connectivity index (χ0n) is 14.5. The van der Waals surface area contributed by atoms with E-state index in [0.717, 1.165) is 44.5 Å². The van der Waals surface area contributed by atoms with E-state index in [9.17, 15) is 4.79 Å². The third-order valence-electron chi connectivity index (χ3n) is 4.96. The van der Waals surface area contributed by atoms with Gasteiger partial charge >= 0.3 is 0 Å². The van der Waals surface area contributed by atoms with Gasteiger partial charge in [-0.25, -0.2) is 0 Å². The van der Waals surface area contributed by atoms with Crippen LogP contribution in [0.3, 0.4) is 0 Å². The maximum absolute atomic E-state index is 12.2. The van der Waals surface area contributed by atoms with Gasteiger partial charge in [-0.15, -0.1) is 0 Å². The molecule has 1 aromatic carbocycles. The minimum absolute atomic E-state index is 0.0303. The van der Waals surface area contributed by atoms with Crippen LogP contribution in [0.1, 0.15) is 43.7 Å². The van der Waals surface area contributed by atoms with Crippen LogP contribution in [-0.2, 0) is 4.79 Å². The Morgan fingerprint density at radius 2 is 1.91 bits per heavy atom. The van der Waals surface area contributed by atoms with Crippen LogP contribution >= 0.6 is 0 Å². The lowest BCUT2D eigenvalue weighted by atomic mass is 10.0. The fourth-order valence-corrected chi connectivity index (χ4v) is 3.11. The molecule has 4 nitrogen and oxygen atoms in total. The maximum atomic E-state index is 12.2. The number of carbonyl (C=O) groups excluding carboxylic acids is 1. The van der Waals surface area contributed by atoms with Gasteiger partial charge in [0.1, 0.15) is 11.9 Å². The Balaban J connectivity index is 1.49. The van der Waals surface area contributed by atoms with Crippen molar-refractivity contribution in [2.75, 3.05) is 13.1 Å². The van der Waals surface area contributed by atoms with E-state index in [0.29, 0.717) is 6.04 Å². The molecule has 1 unspecified atom stereocenters. The number of amides is 1. The second kappa shape index (κ2) is 6.91. The van der Waals surface area contributed by atoms with Gasteiger partial charge in [0.2, 0.25) is 5.91 Å². The van der Waals surface area contributed by atoms with Crippen LogP contribution in [0.5, 0.6) is 5.75 Å². The zero-order chi connectivity index (χ0) is 16.4. The first-order valence-corrected chi connectivity index (χ1v) is 8.81. The number of likely N-dealkylation sites (tertiary alicyclic amines) is 1. The average molecular weight is 316 g/mol. The summed E-state index contributed by atoms with van der Waals surface area (Å²) in [5, 5.41) is 3.10. The average Bonchev–Trinajstić information content (AvgIpc) is 3.35. The summed E-state index contributed by atoms with van der Waals surface area (Å²) in [7, 11) is 0. The summed E-state index contributed by atoms with van der Waals surface area (Å²) < 4.78 is 6.20. The van der Waals surface area contributed by atoms with Gasteiger partial charge < -0.3 is 10.1 Å². The number of hydrogen-bond donors (Lipinski definition) is 1. The highest BCUT2D eigenvalue weighted by Crippen LogP contribution is 2.25. The van der Waals surface area contributed by atoms with Crippen LogP contribution < -0.4 is 10.1 Å². The van der Waals surface area contributed by atoms with Gasteiger partial charge in [0.05, 0.1) is 6.04 Å². The summed E-state index contributed by atoms with van der Waals surface area (Å²) in [5.74, 6) is 1.18. The second-order valence-electron chi connectivity index (χ2n) is 7.08. The van der Waals surface area contributed by atoms with Crippen LogP contribution in [0.2, 0.25) is 0 Å². The summed E-state index contributed by atoms with van der Waals surface area (Å²) in [6, 6.07) is 6.76. The first-order valence-electron chi connectivity index (χ1n) is 8.81. The molecule has 1 N–H and O–H groups in total. The Morgan fingerprint density at radius 3 is 2.57 bits per heavy atom. The standard InChI is InChI=1S/C19H28N2O2/c1-13-4-5-14(2)18(12-13)23-17-8-10-21(11-9-17)15(3)19(22)20-16-6-7-16/h4-5,12,15-17H,6-11H2,1-3H3,(H,20,22). The van der Waals surface area contributed by atoms with E-state index in [-0.39, 0.29) is 18.1 Å². The van der Waals surface area contributed by atoms with E-state index in [1.54, 1.807) is 0 Å². The third kappa shape index (κ3) is 4.25. The predicted octanol–water partition coefficient (Wildman–Crippen LogP) is 2.81. The first kappa shape index (κ1) is 16.3. The van der Waals surface area contributed by atoms with Crippen LogP contribution in [0.4, 0.5) is 0 Å². The molecule has 126 valence electrons. The van der Waals surface area contributed by atoms with Gasteiger partial charge in [0.25, 0.3) is 0 Å². The molecule has 1 amide bonds. The normalized spacial score (nSPS) is 21.0. The molecular formula is C19H28N2O2. The molecule has 1 atom stereocenters. The van der Waals surface area contributed by atoms with Crippen molar-refractivity contribution >= 4 is 5.91 Å². The molecule has 0 aromatic heterocycles. The topological polar surface area (TPSA) is 41.6 Å². The van der Waals surface area contributed by atoms with E-state index >= 15 is 0 Å². The number of carbonyl (C=O) groups is 1. The van der Waals surface area contributed by atoms with Gasteiger partial charge in [-0.2, -0.15) is 0 Å². The lowest BCUT2D eigenvalue weighted by molar-refractivity contribution is -0.126. The molecule has 1 aromatic rings. The van der Waals surface area contributed by atoms with Crippen molar-refractivity contribution < 1.29 is 9.53 Å². The number of aryl methyl sites for hydroxylation is 2. The predicted molar refractivity (Wildman–Crippen MR) is 91.8 cm³/mol. The number of nitrogens with zero attached hydrogens (tertiary/aromatic N) is 1. The molecule has 23 heavy (non-hydrogen) atoms. The lowest BCUT2D eigenvalue weighted by Gasteiger charge is -2.35. The lowest BCUT2D eigenvalue weighted by Crippen LogP contribution is -2.50. The van der Waals surface area contributed by atoms with Crippen molar-refractivity contribution in [3.63, 3.8) is 0 Å². The van der Waals surface area contributed by atoms with Gasteiger partial charge in [-0.05, 0) is 63.6 Å². The Bertz CT molecular complexity index is 560. The number of piperidine rings is 1. The van der Waals surface area contributed by atoms with Crippen molar-refractivity contribution in [1.82, 2.24) is 10.2 Å². The van der Waals surface area contributed by atoms with E-state index < -0.39 is 0 Å². The fourth-order valence-electron chi connectivity index (χ4n) is 3.11. The van der Waals surface area contributed by atoms with Crippen LogP contribution in [0.15, 0.2) is 18.2 Å². The van der Waals surface area contributed by atoms with E-state index in [1.807, 2.05) is 6.92 Å². The fraction of sp³-hybridized carbons (Fsp3) is 0.632. The minimum atomic E-state index is -0.0303. The van der Waals surface area contributed by atoms with E-state index in [2.05, 4.69) is 42.3 Å². The van der Waals surface area contributed by atoms with E-state index in [1.165, 1.54) is 11.1 Å². The van der Waals surface area contributed by atoms with Gasteiger partial charge in [-0.3, -0.25) is 9.69 Å². The highest BCUT2D eigenvalue weighted by molar-refractivity contribution is 5.81. The van der Waals surface area contributed by atoms with Gasteiger partial charge in [0, 0.05) is 19.1 Å². The number of hydrogen-bond acceptors (Lipinski definition) is 3. The molecule has 1 heterocycles. The molecular weight excluding hydrogens is 288 g/mol. The molecule has 1 saturated heterocycles. The van der Waals surface area contributed by atoms with Crippen molar-refractivity contribution in [3.05, 3.63) is 29.3 Å². The Hall–Kier alpha value is -1.55. The maximum Gasteiger partial charge on any atom is 0.237 e. The molecule has 0 radical (unpaired) electrons. The molecule has 4 heteroatoms. The molecule has 1 saturated carbocycles. The molecule has 3 rings (SSSR count). The smallest absolute Gasteiger partial charge is 0.237 e. The first-order chi connectivity index (χ1) is 11.0. The van der Waals surface area contributed by atoms with Crippen LogP contribution in [0.25, 0.3) is 0 Å². The van der Waals surface area contributed by atoms with Crippen LogP contribution in [-0.4, -0.2) is 42.1 Å². The molecule has 0 spiro atoms. The number of rotatable bonds is 5. The minimum Gasteiger partial charge on any atom is -0.490 e. The van der Waals surface area contributed by atoms with Crippen molar-refractivity contribution in [1.29, 1.82) is 0 Å². The summed E-state index contributed by atoms with van der Waals surface area (Å²) >= 11 is 0. The van der Waals surface area contributed by atoms with Crippen molar-refractivity contribution in [2.45, 2.75) is 64.6 Å². The molecule has 2 fully saturated rings. The Labute approximate surface area is 139 Å². The third-order valence-corrected chi connectivity index (χ3v) is 4.96. The second-order valence-corrected chi connectivity index (χ2v) is 7.08. The molecule has 1 aliphatic carbocycles. The molecule has 2 aliphatic rings. The summed E-state index contributed by atoms with van der Waals surface area (Å²) in [6.45, 7) is 8.05. The largest absolute Gasteiger partial charge is 0.490 e. The number of ether oxygens (including phenoxy) is 1. The number of benzene rings is 1.